The second-order valence-corrected chi connectivity index (χ2v) is 12.8. The van der Waals surface area contributed by atoms with E-state index >= 15 is 0 Å². The zero-order valence-corrected chi connectivity index (χ0v) is 22.0. The molecular formula is C29H37F2N3OS. The second kappa shape index (κ2) is 9.79. The normalized spacial score (nSPS) is 31.1. The minimum Gasteiger partial charge on any atom is -0.339 e. The third-order valence-corrected chi connectivity index (χ3v) is 10.8. The Morgan fingerprint density at radius 1 is 1.14 bits per heavy atom. The van der Waals surface area contributed by atoms with Gasteiger partial charge >= 0.3 is 0 Å². The predicted molar refractivity (Wildman–Crippen MR) is 138 cm³/mol. The van der Waals surface area contributed by atoms with Crippen LogP contribution in [0.4, 0.5) is 8.78 Å². The van der Waals surface area contributed by atoms with Crippen LogP contribution in [0.2, 0.25) is 0 Å². The summed E-state index contributed by atoms with van der Waals surface area (Å²) in [6.45, 7) is 4.19. The predicted octanol–water partition coefficient (Wildman–Crippen LogP) is 5.88. The van der Waals surface area contributed by atoms with Crippen molar-refractivity contribution in [1.29, 1.82) is 0 Å². The molecule has 1 spiro atoms. The summed E-state index contributed by atoms with van der Waals surface area (Å²) in [6.07, 6.45) is 10.2. The summed E-state index contributed by atoms with van der Waals surface area (Å²) in [4.78, 5) is 22.7. The van der Waals surface area contributed by atoms with Crippen molar-refractivity contribution in [2.75, 3.05) is 19.6 Å². The van der Waals surface area contributed by atoms with E-state index in [0.717, 1.165) is 43.7 Å². The Kier molecular flexibility index (Phi) is 6.65. The molecule has 0 unspecified atom stereocenters. The molecule has 4 aliphatic rings. The average molecular weight is 514 g/mol. The molecule has 1 amide bonds. The standard InChI is InChI=1S/C29H37F2N3OS/c1-18-33-24-11-6-13-29(27(24)36-18)17-32-16-21(29)28(35)34-14-12-20(26-22(30)9-5-10-23(26)31)15-25(34)19-7-3-2-4-8-19/h5,9-10,19-21,25,32H,2-4,6-8,11-17H2,1H3/t20-,21+,25+,29-/m1/s1. The Bertz CT molecular complexity index is 1110. The molecule has 7 heteroatoms. The number of aromatic nitrogens is 1. The van der Waals surface area contributed by atoms with Crippen molar-refractivity contribution < 1.29 is 13.6 Å². The van der Waals surface area contributed by atoms with Gasteiger partial charge in [-0.15, -0.1) is 11.3 Å². The van der Waals surface area contributed by atoms with Crippen molar-refractivity contribution >= 4 is 17.2 Å². The molecule has 0 radical (unpaired) electrons. The van der Waals surface area contributed by atoms with Crippen molar-refractivity contribution in [3.8, 4) is 0 Å². The molecule has 1 aromatic carbocycles. The average Bonchev–Trinajstić information content (AvgIpc) is 3.48. The van der Waals surface area contributed by atoms with Crippen molar-refractivity contribution in [2.24, 2.45) is 11.8 Å². The summed E-state index contributed by atoms with van der Waals surface area (Å²) < 4.78 is 29.5. The number of halogens is 2. The molecule has 2 saturated heterocycles. The van der Waals surface area contributed by atoms with Gasteiger partial charge in [0.05, 0.1) is 16.6 Å². The van der Waals surface area contributed by atoms with Crippen LogP contribution in [0, 0.1) is 30.4 Å². The summed E-state index contributed by atoms with van der Waals surface area (Å²) in [5.74, 6) is -0.500. The van der Waals surface area contributed by atoms with E-state index in [0.29, 0.717) is 31.8 Å². The van der Waals surface area contributed by atoms with E-state index in [1.165, 1.54) is 48.0 Å². The van der Waals surface area contributed by atoms with Crippen LogP contribution in [0.3, 0.4) is 0 Å². The molecule has 36 heavy (non-hydrogen) atoms. The Balaban J connectivity index is 1.31. The molecule has 4 atom stereocenters. The molecule has 2 aliphatic heterocycles. The number of likely N-dealkylation sites (tertiary alicyclic amines) is 1. The number of fused-ring (bicyclic) bond motifs is 2. The summed E-state index contributed by atoms with van der Waals surface area (Å²) in [5.41, 5.74) is 1.26. The van der Waals surface area contributed by atoms with Gasteiger partial charge in [-0.2, -0.15) is 0 Å². The van der Waals surface area contributed by atoms with Gasteiger partial charge in [-0.3, -0.25) is 4.79 Å². The van der Waals surface area contributed by atoms with E-state index in [2.05, 4.69) is 17.1 Å². The maximum atomic E-state index is 14.8. The van der Waals surface area contributed by atoms with Crippen LogP contribution in [-0.4, -0.2) is 41.5 Å². The van der Waals surface area contributed by atoms with E-state index in [1.54, 1.807) is 11.3 Å². The van der Waals surface area contributed by atoms with E-state index in [9.17, 15) is 13.6 Å². The van der Waals surface area contributed by atoms with Gasteiger partial charge in [-0.05, 0) is 75.8 Å². The number of aryl methyl sites for hydroxylation is 2. The molecule has 2 aromatic rings. The first kappa shape index (κ1) is 24.5. The van der Waals surface area contributed by atoms with Crippen molar-refractivity contribution in [2.45, 2.75) is 88.5 Å². The number of hydrogen-bond acceptors (Lipinski definition) is 4. The number of nitrogens with one attached hydrogen (secondary N) is 1. The fraction of sp³-hybridized carbons (Fsp3) is 0.655. The van der Waals surface area contributed by atoms with Gasteiger partial charge in [0, 0.05) is 41.5 Å². The molecule has 2 aliphatic carbocycles. The molecule has 1 saturated carbocycles. The molecule has 6 rings (SSSR count). The highest BCUT2D eigenvalue weighted by Crippen LogP contribution is 2.49. The van der Waals surface area contributed by atoms with E-state index in [4.69, 9.17) is 4.98 Å². The van der Waals surface area contributed by atoms with E-state index < -0.39 is 11.6 Å². The molecule has 1 N–H and O–H groups in total. The fourth-order valence-electron chi connectivity index (χ4n) is 7.90. The minimum absolute atomic E-state index is 0.0551. The van der Waals surface area contributed by atoms with Crippen LogP contribution >= 0.6 is 11.3 Å². The second-order valence-electron chi connectivity index (χ2n) is 11.6. The maximum absolute atomic E-state index is 14.8. The number of amides is 1. The van der Waals surface area contributed by atoms with Gasteiger partial charge in [0.2, 0.25) is 5.91 Å². The van der Waals surface area contributed by atoms with Crippen LogP contribution in [0.1, 0.15) is 84.8 Å². The molecule has 0 bridgehead atoms. The number of benzene rings is 1. The zero-order valence-electron chi connectivity index (χ0n) is 21.2. The number of hydrogen-bond donors (Lipinski definition) is 1. The zero-order chi connectivity index (χ0) is 24.9. The first-order chi connectivity index (χ1) is 17.5. The number of thiazole rings is 1. The fourth-order valence-corrected chi connectivity index (χ4v) is 9.13. The van der Waals surface area contributed by atoms with Crippen molar-refractivity contribution in [3.05, 3.63) is 51.0 Å². The number of carbonyl (C=O) groups excluding carboxylic acids is 1. The lowest BCUT2D eigenvalue weighted by Gasteiger charge is -2.47. The molecule has 1 aromatic heterocycles. The summed E-state index contributed by atoms with van der Waals surface area (Å²) >= 11 is 1.78. The topological polar surface area (TPSA) is 45.2 Å². The summed E-state index contributed by atoms with van der Waals surface area (Å²) in [5, 5.41) is 4.67. The highest BCUT2D eigenvalue weighted by atomic mass is 32.1. The van der Waals surface area contributed by atoms with Crippen LogP contribution in [0.25, 0.3) is 0 Å². The number of piperidine rings is 1. The van der Waals surface area contributed by atoms with Crippen LogP contribution in [0.15, 0.2) is 18.2 Å². The van der Waals surface area contributed by atoms with Crippen molar-refractivity contribution in [1.82, 2.24) is 15.2 Å². The van der Waals surface area contributed by atoms with Gasteiger partial charge in [0.1, 0.15) is 11.6 Å². The Hall–Kier alpha value is -1.86. The van der Waals surface area contributed by atoms with E-state index in [1.807, 2.05) is 0 Å². The van der Waals surface area contributed by atoms with Crippen molar-refractivity contribution in [3.63, 3.8) is 0 Å². The third-order valence-electron chi connectivity index (χ3n) is 9.58. The van der Waals surface area contributed by atoms with Gasteiger partial charge in [-0.25, -0.2) is 13.8 Å². The SMILES string of the molecule is Cc1nc2c(s1)[C@]1(CCC2)CNC[C@H]1C(=O)N1CC[C@@H](c2c(F)cccc2F)C[C@H]1C1CCCCC1. The summed E-state index contributed by atoms with van der Waals surface area (Å²) in [7, 11) is 0. The first-order valence-electron chi connectivity index (χ1n) is 13.9. The Morgan fingerprint density at radius 2 is 1.92 bits per heavy atom. The molecule has 3 fully saturated rings. The molecule has 194 valence electrons. The van der Waals surface area contributed by atoms with Gasteiger partial charge in [0.25, 0.3) is 0 Å². The number of rotatable bonds is 3. The number of nitrogens with zero attached hydrogens (tertiary/aromatic N) is 2. The highest BCUT2D eigenvalue weighted by molar-refractivity contribution is 7.11. The number of carbonyl (C=O) groups is 1. The monoisotopic (exact) mass is 513 g/mol. The maximum Gasteiger partial charge on any atom is 0.228 e. The van der Waals surface area contributed by atoms with Crippen LogP contribution < -0.4 is 5.32 Å². The van der Waals surface area contributed by atoms with E-state index in [-0.39, 0.29) is 34.8 Å². The highest BCUT2D eigenvalue weighted by Gasteiger charge is 2.53. The summed E-state index contributed by atoms with van der Waals surface area (Å²) in [6, 6.07) is 4.24. The molecule has 3 heterocycles. The Labute approximate surface area is 216 Å². The largest absolute Gasteiger partial charge is 0.339 e. The van der Waals surface area contributed by atoms with Crippen LogP contribution in [-0.2, 0) is 16.6 Å². The molecular weight excluding hydrogens is 476 g/mol. The first-order valence-corrected chi connectivity index (χ1v) is 14.7. The third kappa shape index (κ3) is 4.10. The lowest BCUT2D eigenvalue weighted by atomic mass is 9.68. The Morgan fingerprint density at radius 3 is 2.69 bits per heavy atom. The lowest BCUT2D eigenvalue weighted by molar-refractivity contribution is -0.143. The quantitative estimate of drug-likeness (QED) is 0.558. The smallest absolute Gasteiger partial charge is 0.228 e. The minimum atomic E-state index is -0.448. The van der Waals surface area contributed by atoms with Gasteiger partial charge < -0.3 is 10.2 Å². The lowest BCUT2D eigenvalue weighted by Crippen LogP contribution is -2.55. The van der Waals surface area contributed by atoms with Gasteiger partial charge in [0.15, 0.2) is 0 Å². The van der Waals surface area contributed by atoms with Gasteiger partial charge in [-0.1, -0.05) is 25.3 Å². The molecule has 4 nitrogen and oxygen atoms in total. The van der Waals surface area contributed by atoms with Crippen LogP contribution in [0.5, 0.6) is 0 Å².